The summed E-state index contributed by atoms with van der Waals surface area (Å²) in [5, 5.41) is 12.5. The number of carboxylic acids is 1. The number of nitrogen functional groups attached to an aromatic ring is 1. The van der Waals surface area contributed by atoms with E-state index in [1.807, 2.05) is 0 Å². The minimum Gasteiger partial charge on any atom is -0.479 e. The van der Waals surface area contributed by atoms with E-state index in [9.17, 15) is 9.59 Å². The van der Waals surface area contributed by atoms with Gasteiger partial charge in [0.2, 0.25) is 0 Å². The first-order valence-electron chi connectivity index (χ1n) is 4.57. The predicted octanol–water partition coefficient (Wildman–Crippen LogP) is -0.0594. The number of anilines is 1. The van der Waals surface area contributed by atoms with Gasteiger partial charge >= 0.3 is 11.9 Å². The maximum Gasteiger partial charge on any atom is 0.359 e. The Morgan fingerprint density at radius 3 is 2.50 bits per heavy atom. The highest BCUT2D eigenvalue weighted by Crippen LogP contribution is 2.16. The van der Waals surface area contributed by atoms with Gasteiger partial charge in [0, 0.05) is 7.05 Å². The van der Waals surface area contributed by atoms with Crippen LogP contribution < -0.4 is 5.73 Å². The number of aromatic nitrogens is 2. The third-order valence-corrected chi connectivity index (χ3v) is 2.09. The van der Waals surface area contributed by atoms with Gasteiger partial charge in [-0.2, -0.15) is 5.10 Å². The molecule has 1 heterocycles. The molecule has 0 spiro atoms. The highest BCUT2D eigenvalue weighted by Gasteiger charge is 2.23. The lowest BCUT2D eigenvalue weighted by Crippen LogP contribution is -2.25. The lowest BCUT2D eigenvalue weighted by Gasteiger charge is -2.08. The van der Waals surface area contributed by atoms with E-state index in [4.69, 9.17) is 15.6 Å². The Hall–Kier alpha value is -2.05. The van der Waals surface area contributed by atoms with Crippen LogP contribution >= 0.6 is 0 Å². The standard InChI is InChI=1S/C9H13N3O4/c1-4-6(10)7(12(3)11-4)9(15)16-5(2)8(13)14/h5H,10H2,1-3H3,(H,13,14). The number of hydrogen-bond donors (Lipinski definition) is 2. The number of hydrogen-bond acceptors (Lipinski definition) is 5. The molecule has 0 aliphatic heterocycles. The Balaban J connectivity index is 2.93. The molecular weight excluding hydrogens is 214 g/mol. The molecule has 0 aliphatic carbocycles. The summed E-state index contributed by atoms with van der Waals surface area (Å²) in [6.07, 6.45) is -1.22. The number of aliphatic carboxylic acids is 1. The molecule has 1 atom stereocenters. The molecule has 1 aromatic rings. The molecule has 0 fully saturated rings. The molecule has 0 aliphatic rings. The Labute approximate surface area is 91.8 Å². The molecule has 0 radical (unpaired) electrons. The third-order valence-electron chi connectivity index (χ3n) is 2.09. The summed E-state index contributed by atoms with van der Waals surface area (Å²) in [5.41, 5.74) is 6.38. The van der Waals surface area contributed by atoms with Crippen LogP contribution in [0.25, 0.3) is 0 Å². The molecule has 3 N–H and O–H groups in total. The van der Waals surface area contributed by atoms with E-state index in [0.717, 1.165) is 0 Å². The highest BCUT2D eigenvalue weighted by atomic mass is 16.6. The summed E-state index contributed by atoms with van der Waals surface area (Å²) in [5.74, 6) is -2.01. The summed E-state index contributed by atoms with van der Waals surface area (Å²) in [6, 6.07) is 0. The summed E-state index contributed by atoms with van der Waals surface area (Å²) < 4.78 is 5.96. The molecule has 88 valence electrons. The van der Waals surface area contributed by atoms with Crippen LogP contribution in [0, 0.1) is 6.92 Å². The molecule has 1 unspecified atom stereocenters. The molecule has 0 aromatic carbocycles. The first-order chi connectivity index (χ1) is 7.34. The first-order valence-corrected chi connectivity index (χ1v) is 4.57. The van der Waals surface area contributed by atoms with Crippen LogP contribution in [-0.4, -0.2) is 32.9 Å². The van der Waals surface area contributed by atoms with Crippen LogP contribution in [0.1, 0.15) is 23.1 Å². The van der Waals surface area contributed by atoms with Crippen LogP contribution in [0.3, 0.4) is 0 Å². The van der Waals surface area contributed by atoms with Crippen LogP contribution in [0.5, 0.6) is 0 Å². The zero-order valence-electron chi connectivity index (χ0n) is 9.22. The minimum absolute atomic E-state index is 0.0607. The van der Waals surface area contributed by atoms with Gasteiger partial charge in [0.1, 0.15) is 0 Å². The quantitative estimate of drug-likeness (QED) is 0.700. The average molecular weight is 227 g/mol. The summed E-state index contributed by atoms with van der Waals surface area (Å²) in [6.45, 7) is 2.91. The molecule has 0 saturated heterocycles. The monoisotopic (exact) mass is 227 g/mol. The first kappa shape index (κ1) is 12.0. The van der Waals surface area contributed by atoms with E-state index in [-0.39, 0.29) is 11.4 Å². The summed E-state index contributed by atoms with van der Waals surface area (Å²) in [7, 11) is 1.53. The number of nitrogens with zero attached hydrogens (tertiary/aromatic N) is 2. The number of esters is 1. The van der Waals surface area contributed by atoms with Crippen molar-refractivity contribution in [3.8, 4) is 0 Å². The van der Waals surface area contributed by atoms with Crippen LogP contribution in [0.2, 0.25) is 0 Å². The molecule has 1 rings (SSSR count). The number of ether oxygens (including phenoxy) is 1. The molecule has 7 nitrogen and oxygen atoms in total. The van der Waals surface area contributed by atoms with Crippen molar-refractivity contribution in [3.63, 3.8) is 0 Å². The van der Waals surface area contributed by atoms with Crippen molar-refractivity contribution in [2.24, 2.45) is 7.05 Å². The molecule has 0 bridgehead atoms. The Kier molecular flexibility index (Phi) is 3.17. The average Bonchev–Trinajstić information content (AvgIpc) is 2.40. The maximum atomic E-state index is 11.6. The Morgan fingerprint density at radius 2 is 2.12 bits per heavy atom. The predicted molar refractivity (Wildman–Crippen MR) is 54.9 cm³/mol. The second kappa shape index (κ2) is 4.21. The molecular formula is C9H13N3O4. The van der Waals surface area contributed by atoms with E-state index >= 15 is 0 Å². The molecule has 7 heteroatoms. The second-order valence-corrected chi connectivity index (χ2v) is 3.36. The van der Waals surface area contributed by atoms with Crippen LogP contribution in [0.4, 0.5) is 5.69 Å². The van der Waals surface area contributed by atoms with Gasteiger partial charge < -0.3 is 15.6 Å². The van der Waals surface area contributed by atoms with Crippen LogP contribution in [-0.2, 0) is 16.6 Å². The smallest absolute Gasteiger partial charge is 0.359 e. The van der Waals surface area contributed by atoms with E-state index in [0.29, 0.717) is 5.69 Å². The van der Waals surface area contributed by atoms with Gasteiger partial charge in [-0.15, -0.1) is 0 Å². The second-order valence-electron chi connectivity index (χ2n) is 3.36. The topological polar surface area (TPSA) is 107 Å². The maximum absolute atomic E-state index is 11.6. The highest BCUT2D eigenvalue weighted by molar-refractivity contribution is 5.95. The number of carboxylic acid groups (broad SMARTS) is 1. The largest absolute Gasteiger partial charge is 0.479 e. The van der Waals surface area contributed by atoms with Crippen molar-refractivity contribution >= 4 is 17.6 Å². The molecule has 0 saturated carbocycles. The minimum atomic E-state index is -1.22. The Morgan fingerprint density at radius 1 is 1.56 bits per heavy atom. The lowest BCUT2D eigenvalue weighted by molar-refractivity contribution is -0.146. The zero-order valence-corrected chi connectivity index (χ0v) is 9.22. The van der Waals surface area contributed by atoms with Gasteiger partial charge in [-0.3, -0.25) is 4.68 Å². The molecule has 1 aromatic heterocycles. The number of carbonyl (C=O) groups is 2. The fourth-order valence-corrected chi connectivity index (χ4v) is 1.18. The van der Waals surface area contributed by atoms with Crippen molar-refractivity contribution in [1.82, 2.24) is 9.78 Å². The SMILES string of the molecule is Cc1nn(C)c(C(=O)OC(C)C(=O)O)c1N. The number of carbonyl (C=O) groups excluding carboxylic acids is 1. The van der Waals surface area contributed by atoms with Crippen LogP contribution in [0.15, 0.2) is 0 Å². The van der Waals surface area contributed by atoms with E-state index in [2.05, 4.69) is 5.10 Å². The van der Waals surface area contributed by atoms with Crippen molar-refractivity contribution < 1.29 is 19.4 Å². The van der Waals surface area contributed by atoms with Gasteiger partial charge in [-0.05, 0) is 13.8 Å². The van der Waals surface area contributed by atoms with Crippen molar-refractivity contribution in [2.75, 3.05) is 5.73 Å². The normalized spacial score (nSPS) is 12.2. The van der Waals surface area contributed by atoms with Crippen molar-refractivity contribution in [2.45, 2.75) is 20.0 Å². The Bertz CT molecular complexity index is 438. The molecule has 16 heavy (non-hydrogen) atoms. The fraction of sp³-hybridized carbons (Fsp3) is 0.444. The van der Waals surface area contributed by atoms with Gasteiger partial charge in [-0.25, -0.2) is 9.59 Å². The summed E-state index contributed by atoms with van der Waals surface area (Å²) >= 11 is 0. The lowest BCUT2D eigenvalue weighted by atomic mass is 10.3. The van der Waals surface area contributed by atoms with Gasteiger partial charge in [-0.1, -0.05) is 0 Å². The fourth-order valence-electron chi connectivity index (χ4n) is 1.18. The number of nitrogens with two attached hydrogens (primary N) is 1. The van der Waals surface area contributed by atoms with E-state index in [1.54, 1.807) is 6.92 Å². The number of rotatable bonds is 3. The van der Waals surface area contributed by atoms with Crippen molar-refractivity contribution in [3.05, 3.63) is 11.4 Å². The van der Waals surface area contributed by atoms with Crippen molar-refractivity contribution in [1.29, 1.82) is 0 Å². The van der Waals surface area contributed by atoms with E-state index < -0.39 is 18.0 Å². The molecule has 0 amide bonds. The van der Waals surface area contributed by atoms with Gasteiger partial charge in [0.25, 0.3) is 0 Å². The summed E-state index contributed by atoms with van der Waals surface area (Å²) in [4.78, 5) is 22.1. The third kappa shape index (κ3) is 2.13. The van der Waals surface area contributed by atoms with Gasteiger partial charge in [0.05, 0.1) is 11.4 Å². The van der Waals surface area contributed by atoms with E-state index in [1.165, 1.54) is 18.7 Å². The van der Waals surface area contributed by atoms with Gasteiger partial charge in [0.15, 0.2) is 11.8 Å². The number of aryl methyl sites for hydroxylation is 2. The zero-order chi connectivity index (χ0) is 12.5.